The van der Waals surface area contributed by atoms with E-state index in [1.165, 1.54) is 14.2 Å². The number of rotatable bonds is 7. The van der Waals surface area contributed by atoms with Gasteiger partial charge in [0.2, 0.25) is 17.8 Å². The number of carbonyl (C=O) groups excluding carboxylic acids is 3. The van der Waals surface area contributed by atoms with Crippen molar-refractivity contribution in [3.63, 3.8) is 0 Å². The first-order valence-electron chi connectivity index (χ1n) is 11.7. The van der Waals surface area contributed by atoms with Gasteiger partial charge in [0.25, 0.3) is 5.56 Å². The molecule has 2 aromatic rings. The summed E-state index contributed by atoms with van der Waals surface area (Å²) in [6.07, 6.45) is 0.902. The largest absolute Gasteiger partial charge is 0.497 e. The van der Waals surface area contributed by atoms with E-state index in [-0.39, 0.29) is 35.6 Å². The minimum Gasteiger partial charge on any atom is -0.497 e. The van der Waals surface area contributed by atoms with Crippen LogP contribution < -0.4 is 30.6 Å². The van der Waals surface area contributed by atoms with Crippen LogP contribution in [0.1, 0.15) is 37.7 Å². The number of hydrogen-bond acceptors (Lipinski definition) is 9. The number of piperidine rings is 1. The zero-order chi connectivity index (χ0) is 25.8. The molecule has 1 atom stereocenters. The molecule has 3 N–H and O–H groups in total. The highest BCUT2D eigenvalue weighted by Crippen LogP contribution is 2.34. The van der Waals surface area contributed by atoms with Crippen LogP contribution in [-0.2, 0) is 19.1 Å². The lowest BCUT2D eigenvalue weighted by molar-refractivity contribution is -0.148. The Morgan fingerprint density at radius 2 is 1.92 bits per heavy atom. The number of hydrogen-bond donors (Lipinski definition) is 3. The van der Waals surface area contributed by atoms with Crippen molar-refractivity contribution in [2.24, 2.45) is 5.92 Å². The summed E-state index contributed by atoms with van der Waals surface area (Å²) in [6.45, 7) is 3.07. The molecule has 0 aliphatic carbocycles. The van der Waals surface area contributed by atoms with Crippen LogP contribution in [0, 0.1) is 5.92 Å². The van der Waals surface area contributed by atoms with Crippen LogP contribution in [0.25, 0.3) is 0 Å². The summed E-state index contributed by atoms with van der Waals surface area (Å²) < 4.78 is 15.6. The molecule has 12 nitrogen and oxygen atoms in total. The molecule has 2 amide bonds. The molecule has 1 unspecified atom stereocenters. The fraction of sp³-hybridized carbons (Fsp3) is 0.458. The Morgan fingerprint density at radius 1 is 1.17 bits per heavy atom. The van der Waals surface area contributed by atoms with Gasteiger partial charge in [0.1, 0.15) is 17.3 Å². The Balaban J connectivity index is 1.56. The topological polar surface area (TPSA) is 152 Å². The molecule has 1 fully saturated rings. The number of aromatic amines is 1. The van der Waals surface area contributed by atoms with E-state index in [9.17, 15) is 19.2 Å². The van der Waals surface area contributed by atoms with E-state index in [1.54, 1.807) is 25.1 Å². The number of amides is 2. The van der Waals surface area contributed by atoms with Crippen molar-refractivity contribution >= 4 is 35.2 Å². The van der Waals surface area contributed by atoms with Crippen molar-refractivity contribution in [3.05, 3.63) is 34.1 Å². The van der Waals surface area contributed by atoms with Crippen molar-refractivity contribution in [3.8, 4) is 11.5 Å². The zero-order valence-electron chi connectivity index (χ0n) is 20.4. The van der Waals surface area contributed by atoms with Gasteiger partial charge in [-0.2, -0.15) is 4.98 Å². The van der Waals surface area contributed by atoms with Gasteiger partial charge in [-0.25, -0.2) is 0 Å². The molecule has 36 heavy (non-hydrogen) atoms. The van der Waals surface area contributed by atoms with Gasteiger partial charge in [-0.1, -0.05) is 0 Å². The highest BCUT2D eigenvalue weighted by atomic mass is 16.5. The molecule has 1 aromatic carbocycles. The second-order valence-corrected chi connectivity index (χ2v) is 8.53. The van der Waals surface area contributed by atoms with Gasteiger partial charge in [-0.05, 0) is 31.9 Å². The number of carbonyl (C=O) groups is 3. The van der Waals surface area contributed by atoms with E-state index in [0.29, 0.717) is 49.7 Å². The Labute approximate surface area is 207 Å². The third kappa shape index (κ3) is 5.11. The van der Waals surface area contributed by atoms with Crippen LogP contribution in [0.2, 0.25) is 0 Å². The number of anilines is 3. The molecule has 3 heterocycles. The maximum Gasteiger partial charge on any atom is 0.309 e. The normalized spacial score (nSPS) is 17.6. The average molecular weight is 500 g/mol. The molecular formula is C24H29N5O7. The van der Waals surface area contributed by atoms with E-state index >= 15 is 0 Å². The molecule has 2 aliphatic heterocycles. The first-order chi connectivity index (χ1) is 17.3. The molecule has 0 saturated carbocycles. The van der Waals surface area contributed by atoms with Crippen molar-refractivity contribution in [2.45, 2.75) is 32.1 Å². The summed E-state index contributed by atoms with van der Waals surface area (Å²) in [5.41, 5.74) is -0.0840. The van der Waals surface area contributed by atoms with Crippen molar-refractivity contribution in [1.82, 2.24) is 9.97 Å². The molecule has 0 bridgehead atoms. The number of aromatic nitrogens is 2. The number of methoxy groups -OCH3 is 2. The van der Waals surface area contributed by atoms with Crippen LogP contribution in [0.3, 0.4) is 0 Å². The molecule has 0 spiro atoms. The van der Waals surface area contributed by atoms with E-state index in [2.05, 4.69) is 20.6 Å². The monoisotopic (exact) mass is 499 g/mol. The first-order valence-corrected chi connectivity index (χ1v) is 11.7. The van der Waals surface area contributed by atoms with Gasteiger partial charge in [-0.3, -0.25) is 24.2 Å². The highest BCUT2D eigenvalue weighted by molar-refractivity contribution is 6.05. The number of ether oxygens (including phenoxy) is 3. The minimum absolute atomic E-state index is 0.0512. The van der Waals surface area contributed by atoms with E-state index in [4.69, 9.17) is 14.2 Å². The molecule has 2 aliphatic rings. The van der Waals surface area contributed by atoms with E-state index in [1.807, 2.05) is 4.90 Å². The molecule has 12 heteroatoms. The number of fused-ring (bicyclic) bond motifs is 1. The predicted octanol–water partition coefficient (Wildman–Crippen LogP) is 1.63. The highest BCUT2D eigenvalue weighted by Gasteiger charge is 2.36. The second kappa shape index (κ2) is 10.7. The zero-order valence-corrected chi connectivity index (χ0v) is 20.4. The summed E-state index contributed by atoms with van der Waals surface area (Å²) in [5.74, 6) is -1.22. The number of nitrogens with zero attached hydrogens (tertiary/aromatic N) is 2. The third-order valence-corrected chi connectivity index (χ3v) is 6.33. The van der Waals surface area contributed by atoms with Crippen molar-refractivity contribution < 1.29 is 28.6 Å². The lowest BCUT2D eigenvalue weighted by atomic mass is 9.92. The smallest absolute Gasteiger partial charge is 0.309 e. The summed E-state index contributed by atoms with van der Waals surface area (Å²) in [7, 11) is 2.96. The molecule has 192 valence electrons. The summed E-state index contributed by atoms with van der Waals surface area (Å²) in [4.78, 5) is 59.8. The average Bonchev–Trinajstić information content (AvgIpc) is 2.88. The number of nitrogens with one attached hydrogen (secondary N) is 3. The van der Waals surface area contributed by atoms with E-state index < -0.39 is 23.3 Å². The van der Waals surface area contributed by atoms with Gasteiger partial charge in [0.05, 0.1) is 43.9 Å². The number of H-pyrrole nitrogens is 1. The third-order valence-electron chi connectivity index (χ3n) is 6.33. The quantitative estimate of drug-likeness (QED) is 0.483. The van der Waals surface area contributed by atoms with Crippen LogP contribution in [-0.4, -0.2) is 61.7 Å². The number of benzene rings is 1. The number of esters is 1. The Kier molecular flexibility index (Phi) is 7.41. The van der Waals surface area contributed by atoms with Gasteiger partial charge in [-0.15, -0.1) is 0 Å². The van der Waals surface area contributed by atoms with Crippen LogP contribution in [0.4, 0.5) is 17.5 Å². The fourth-order valence-corrected chi connectivity index (χ4v) is 4.45. The Bertz CT molecular complexity index is 1220. The van der Waals surface area contributed by atoms with E-state index in [0.717, 1.165) is 0 Å². The molecule has 4 rings (SSSR count). The SMILES string of the molecule is CCOC(=O)C1CCN(c2nc3c(c(=O)[nH]2)C(C(=O)Nc2cc(OC)ccc2OC)CC(=O)N3)CC1. The van der Waals surface area contributed by atoms with Crippen molar-refractivity contribution in [2.75, 3.05) is 49.4 Å². The lowest BCUT2D eigenvalue weighted by Gasteiger charge is -2.32. The molecule has 1 aromatic heterocycles. The maximum atomic E-state index is 13.2. The van der Waals surface area contributed by atoms with Crippen LogP contribution in [0.15, 0.2) is 23.0 Å². The van der Waals surface area contributed by atoms with Gasteiger partial charge < -0.3 is 29.7 Å². The van der Waals surface area contributed by atoms with Crippen LogP contribution >= 0.6 is 0 Å². The molecular weight excluding hydrogens is 470 g/mol. The van der Waals surface area contributed by atoms with Gasteiger partial charge in [0.15, 0.2) is 0 Å². The summed E-state index contributed by atoms with van der Waals surface area (Å²) in [5, 5.41) is 5.36. The molecule has 1 saturated heterocycles. The van der Waals surface area contributed by atoms with Gasteiger partial charge in [0, 0.05) is 25.6 Å². The molecule has 0 radical (unpaired) electrons. The first kappa shape index (κ1) is 25.0. The summed E-state index contributed by atoms with van der Waals surface area (Å²) in [6, 6.07) is 4.91. The van der Waals surface area contributed by atoms with Gasteiger partial charge >= 0.3 is 5.97 Å². The van der Waals surface area contributed by atoms with Crippen LogP contribution in [0.5, 0.6) is 11.5 Å². The van der Waals surface area contributed by atoms with Crippen molar-refractivity contribution in [1.29, 1.82) is 0 Å². The lowest BCUT2D eigenvalue weighted by Crippen LogP contribution is -2.41. The summed E-state index contributed by atoms with van der Waals surface area (Å²) >= 11 is 0. The standard InChI is InChI=1S/C24H29N5O7/c1-4-36-23(33)13-7-9-29(10-8-13)24-27-20-19(22(32)28-24)15(12-18(30)26-20)21(31)25-16-11-14(34-2)5-6-17(16)35-3/h5-6,11,13,15H,4,7-10,12H2,1-3H3,(H,25,31)(H2,26,27,28,30,32). The minimum atomic E-state index is -1.05. The predicted molar refractivity (Wildman–Crippen MR) is 131 cm³/mol. The second-order valence-electron chi connectivity index (χ2n) is 8.53. The Morgan fingerprint density at radius 3 is 2.58 bits per heavy atom. The fourth-order valence-electron chi connectivity index (χ4n) is 4.45. The maximum absolute atomic E-state index is 13.2. The Hall–Kier alpha value is -4.09.